The van der Waals surface area contributed by atoms with Crippen LogP contribution in [0.4, 0.5) is 5.69 Å². The summed E-state index contributed by atoms with van der Waals surface area (Å²) in [6, 6.07) is 8.06. The summed E-state index contributed by atoms with van der Waals surface area (Å²) in [5, 5.41) is 9.12. The van der Waals surface area contributed by atoms with E-state index >= 15 is 0 Å². The summed E-state index contributed by atoms with van der Waals surface area (Å²) in [6.07, 6.45) is 11.2. The molecule has 3 saturated carbocycles. The zero-order valence-corrected chi connectivity index (χ0v) is 24.8. The van der Waals surface area contributed by atoms with E-state index in [2.05, 4.69) is 48.2 Å². The van der Waals surface area contributed by atoms with Gasteiger partial charge in [0.05, 0.1) is 17.7 Å². The van der Waals surface area contributed by atoms with Crippen LogP contribution in [0, 0.1) is 22.7 Å². The zero-order valence-electron chi connectivity index (χ0n) is 22.4. The Kier molecular flexibility index (Phi) is 5.96. The van der Waals surface area contributed by atoms with Crippen LogP contribution in [0.2, 0.25) is 0 Å². The molecule has 3 fully saturated rings. The van der Waals surface area contributed by atoms with E-state index in [1.807, 2.05) is 35.9 Å². The van der Waals surface area contributed by atoms with E-state index in [0.717, 1.165) is 42.3 Å². The summed E-state index contributed by atoms with van der Waals surface area (Å²) < 4.78 is 8.60. The topological polar surface area (TPSA) is 56.1 Å². The van der Waals surface area contributed by atoms with Gasteiger partial charge in [0.1, 0.15) is 0 Å². The summed E-state index contributed by atoms with van der Waals surface area (Å²) >= 11 is 9.32. The van der Waals surface area contributed by atoms with Crippen molar-refractivity contribution in [3.8, 4) is 0 Å². The summed E-state index contributed by atoms with van der Waals surface area (Å²) in [5.41, 5.74) is 3.58. The van der Waals surface area contributed by atoms with E-state index < -0.39 is 0 Å². The highest BCUT2D eigenvalue weighted by atomic mass is 79.9. The smallest absolute Gasteiger partial charge is 0.312 e. The molecule has 0 aliphatic heterocycles. The molecule has 1 spiro atoms. The summed E-state index contributed by atoms with van der Waals surface area (Å²) in [4.78, 5) is 13.3. The standard InChI is InChI=1S/C30H38BrN3O2S/c1-5-36-25(35)29(4)14-6-13-28(3)22(29)12-16-30-18-27(2,15-11-23(28)30)24-21(30)17-34(33-24)26(37)32-20-9-7-19(31)8-10-20/h7-10,17,22-23H,5-6,11-16,18H2,1-4H3,(H,32,37)/t22-,23-,27-,28+,29+,30+/m0/s1. The molecule has 0 radical (unpaired) electrons. The van der Waals surface area contributed by atoms with E-state index in [4.69, 9.17) is 22.1 Å². The molecule has 1 aromatic carbocycles. The van der Waals surface area contributed by atoms with Crippen molar-refractivity contribution in [2.45, 2.75) is 89.9 Å². The van der Waals surface area contributed by atoms with Gasteiger partial charge in [-0.25, -0.2) is 4.68 Å². The fourth-order valence-corrected chi connectivity index (χ4v) is 9.89. The lowest BCUT2D eigenvalue weighted by Crippen LogP contribution is -2.60. The fourth-order valence-electron chi connectivity index (χ4n) is 9.41. The molecule has 0 amide bonds. The predicted octanol–water partition coefficient (Wildman–Crippen LogP) is 7.37. The number of anilines is 1. The first-order chi connectivity index (χ1) is 17.6. The normalized spacial score (nSPS) is 37.8. The SMILES string of the molecule is CCOC(=O)[C@]1(C)CCC[C@@]2(C)[C@@H]3CC[C@@]4(C)C[C@]3(CC[C@@H]21)c1cn(C(=S)Nc2ccc(Br)cc2)nc14. The molecule has 7 heteroatoms. The quantitative estimate of drug-likeness (QED) is 0.302. The first kappa shape index (κ1) is 25.5. The van der Waals surface area contributed by atoms with E-state index in [9.17, 15) is 4.79 Å². The highest BCUT2D eigenvalue weighted by Crippen LogP contribution is 2.72. The third-order valence-electron chi connectivity index (χ3n) is 10.9. The van der Waals surface area contributed by atoms with Crippen molar-refractivity contribution in [1.82, 2.24) is 9.78 Å². The minimum Gasteiger partial charge on any atom is -0.466 e. The van der Waals surface area contributed by atoms with Crippen LogP contribution in [0.3, 0.4) is 0 Å². The van der Waals surface area contributed by atoms with Crippen LogP contribution in [0.1, 0.15) is 90.3 Å². The second-order valence-electron chi connectivity index (χ2n) is 12.8. The van der Waals surface area contributed by atoms with Gasteiger partial charge in [-0.15, -0.1) is 0 Å². The van der Waals surface area contributed by atoms with Gasteiger partial charge in [-0.2, -0.15) is 5.10 Å². The molecule has 37 heavy (non-hydrogen) atoms. The Morgan fingerprint density at radius 1 is 1.14 bits per heavy atom. The molecule has 5 nitrogen and oxygen atoms in total. The first-order valence-electron chi connectivity index (χ1n) is 13.9. The lowest BCUT2D eigenvalue weighted by atomic mass is 9.40. The summed E-state index contributed by atoms with van der Waals surface area (Å²) in [5.74, 6) is 0.937. The van der Waals surface area contributed by atoms with Crippen LogP contribution >= 0.6 is 28.1 Å². The maximum atomic E-state index is 13.3. The van der Waals surface area contributed by atoms with Crippen molar-refractivity contribution < 1.29 is 9.53 Å². The molecular formula is C30H38BrN3O2S. The van der Waals surface area contributed by atoms with Crippen molar-refractivity contribution in [3.63, 3.8) is 0 Å². The number of rotatable bonds is 3. The molecule has 1 heterocycles. The van der Waals surface area contributed by atoms with Crippen molar-refractivity contribution in [2.24, 2.45) is 22.7 Å². The molecule has 1 aromatic heterocycles. The van der Waals surface area contributed by atoms with Gasteiger partial charge < -0.3 is 10.1 Å². The van der Waals surface area contributed by atoms with Crippen LogP contribution < -0.4 is 5.32 Å². The number of esters is 1. The molecule has 4 aliphatic carbocycles. The third kappa shape index (κ3) is 3.62. The first-order valence-corrected chi connectivity index (χ1v) is 15.1. The fraction of sp³-hybridized carbons (Fsp3) is 0.633. The largest absolute Gasteiger partial charge is 0.466 e. The van der Waals surface area contributed by atoms with Crippen LogP contribution in [-0.2, 0) is 20.4 Å². The lowest BCUT2D eigenvalue weighted by molar-refractivity contribution is -0.180. The molecule has 198 valence electrons. The highest BCUT2D eigenvalue weighted by Gasteiger charge is 2.68. The molecule has 2 bridgehead atoms. The van der Waals surface area contributed by atoms with Crippen LogP contribution in [0.25, 0.3) is 0 Å². The number of fused-ring (bicyclic) bond motifs is 5. The Balaban J connectivity index is 1.35. The molecule has 4 aliphatic rings. The van der Waals surface area contributed by atoms with Gasteiger partial charge in [-0.05, 0) is 113 Å². The molecule has 6 atom stereocenters. The number of hydrogen-bond donors (Lipinski definition) is 1. The van der Waals surface area contributed by atoms with Gasteiger partial charge in [0.2, 0.25) is 0 Å². The minimum absolute atomic E-state index is 0.0202. The van der Waals surface area contributed by atoms with Crippen molar-refractivity contribution in [1.29, 1.82) is 0 Å². The van der Waals surface area contributed by atoms with Gasteiger partial charge in [-0.1, -0.05) is 36.2 Å². The van der Waals surface area contributed by atoms with E-state index in [1.54, 1.807) is 0 Å². The maximum Gasteiger partial charge on any atom is 0.312 e. The Morgan fingerprint density at radius 2 is 1.86 bits per heavy atom. The number of carbonyl (C=O) groups is 1. The Morgan fingerprint density at radius 3 is 2.59 bits per heavy atom. The third-order valence-corrected chi connectivity index (χ3v) is 11.7. The number of nitrogens with zero attached hydrogens (tertiary/aromatic N) is 2. The second kappa shape index (κ2) is 8.64. The maximum absolute atomic E-state index is 13.3. The number of ether oxygens (including phenoxy) is 1. The number of benzene rings is 1. The average molecular weight is 585 g/mol. The number of halogens is 1. The van der Waals surface area contributed by atoms with Gasteiger partial charge >= 0.3 is 5.97 Å². The molecule has 0 saturated heterocycles. The van der Waals surface area contributed by atoms with Gasteiger partial charge in [0, 0.05) is 32.8 Å². The Labute approximate surface area is 234 Å². The number of thiocarbonyl (C=S) groups is 1. The molecular weight excluding hydrogens is 546 g/mol. The van der Waals surface area contributed by atoms with Crippen molar-refractivity contribution in [3.05, 3.63) is 46.2 Å². The van der Waals surface area contributed by atoms with Gasteiger partial charge in [0.15, 0.2) is 5.11 Å². The monoisotopic (exact) mass is 583 g/mol. The highest BCUT2D eigenvalue weighted by molar-refractivity contribution is 9.10. The summed E-state index contributed by atoms with van der Waals surface area (Å²) in [7, 11) is 0. The van der Waals surface area contributed by atoms with E-state index in [0.29, 0.717) is 23.6 Å². The number of hydrogen-bond acceptors (Lipinski definition) is 4. The second-order valence-corrected chi connectivity index (χ2v) is 14.1. The zero-order chi connectivity index (χ0) is 26.2. The van der Waals surface area contributed by atoms with E-state index in [1.165, 1.54) is 30.5 Å². The lowest BCUT2D eigenvalue weighted by Gasteiger charge is -2.64. The Hall–Kier alpha value is -1.73. The predicted molar refractivity (Wildman–Crippen MR) is 154 cm³/mol. The Bertz CT molecular complexity index is 1260. The molecule has 6 rings (SSSR count). The van der Waals surface area contributed by atoms with Gasteiger partial charge in [-0.3, -0.25) is 4.79 Å². The van der Waals surface area contributed by atoms with Gasteiger partial charge in [0.25, 0.3) is 0 Å². The van der Waals surface area contributed by atoms with E-state index in [-0.39, 0.29) is 27.6 Å². The summed E-state index contributed by atoms with van der Waals surface area (Å²) in [6.45, 7) is 9.50. The number of aromatic nitrogens is 2. The van der Waals surface area contributed by atoms with Crippen LogP contribution in [0.5, 0.6) is 0 Å². The van der Waals surface area contributed by atoms with Crippen LogP contribution in [0.15, 0.2) is 34.9 Å². The minimum atomic E-state index is -0.382. The van der Waals surface area contributed by atoms with Crippen LogP contribution in [-0.4, -0.2) is 27.5 Å². The molecule has 1 N–H and O–H groups in total. The van der Waals surface area contributed by atoms with Crippen molar-refractivity contribution >= 4 is 44.9 Å². The van der Waals surface area contributed by atoms with Crippen molar-refractivity contribution in [2.75, 3.05) is 11.9 Å². The number of carbonyl (C=O) groups excluding carboxylic acids is 1. The molecule has 0 unspecified atom stereocenters. The average Bonchev–Trinajstić information content (AvgIpc) is 3.38. The number of nitrogens with one attached hydrogen (secondary N) is 1. The molecule has 2 aromatic rings.